The summed E-state index contributed by atoms with van der Waals surface area (Å²) < 4.78 is 0. The van der Waals surface area contributed by atoms with Crippen LogP contribution in [0.3, 0.4) is 0 Å². The number of Topliss-reactive ketones (excluding diaryl/α,β-unsaturated/α-hetero) is 1. The van der Waals surface area contributed by atoms with Crippen molar-refractivity contribution in [3.8, 4) is 0 Å². The van der Waals surface area contributed by atoms with Gasteiger partial charge in [-0.05, 0) is 45.4 Å². The molecule has 0 amide bonds. The van der Waals surface area contributed by atoms with Crippen molar-refractivity contribution >= 4 is 12.1 Å². The van der Waals surface area contributed by atoms with Crippen molar-refractivity contribution in [2.45, 2.75) is 51.9 Å². The topological polar surface area (TPSA) is 34.1 Å². The van der Waals surface area contributed by atoms with Gasteiger partial charge in [0.25, 0.3) is 0 Å². The van der Waals surface area contributed by atoms with Crippen LogP contribution in [0.2, 0.25) is 0 Å². The number of rotatable bonds is 2. The Hall–Kier alpha value is -0.660. The van der Waals surface area contributed by atoms with Gasteiger partial charge in [0.1, 0.15) is 12.1 Å². The first-order valence-corrected chi connectivity index (χ1v) is 5.60. The van der Waals surface area contributed by atoms with Crippen molar-refractivity contribution in [3.63, 3.8) is 0 Å². The molecule has 2 heteroatoms. The molecule has 14 heavy (non-hydrogen) atoms. The molecule has 0 aromatic carbocycles. The summed E-state index contributed by atoms with van der Waals surface area (Å²) in [5, 5.41) is 0. The van der Waals surface area contributed by atoms with Crippen molar-refractivity contribution in [2.24, 2.45) is 10.8 Å². The van der Waals surface area contributed by atoms with E-state index in [1.165, 1.54) is 0 Å². The summed E-state index contributed by atoms with van der Waals surface area (Å²) >= 11 is 0. The van der Waals surface area contributed by atoms with Gasteiger partial charge in [-0.2, -0.15) is 0 Å². The Labute approximate surface area is 85.1 Å². The summed E-state index contributed by atoms with van der Waals surface area (Å²) in [7, 11) is 0. The van der Waals surface area contributed by atoms with E-state index in [-0.39, 0.29) is 10.8 Å². The average molecular weight is 194 g/mol. The molecule has 0 aromatic heterocycles. The number of hydrogen-bond donors (Lipinski definition) is 0. The molecule has 2 bridgehead atoms. The van der Waals surface area contributed by atoms with Gasteiger partial charge >= 0.3 is 0 Å². The highest BCUT2D eigenvalue weighted by Gasteiger charge is 2.47. The van der Waals surface area contributed by atoms with Crippen molar-refractivity contribution in [2.75, 3.05) is 0 Å². The second-order valence-electron chi connectivity index (χ2n) is 5.17. The van der Waals surface area contributed by atoms with Crippen LogP contribution in [-0.2, 0) is 9.59 Å². The summed E-state index contributed by atoms with van der Waals surface area (Å²) in [5.41, 5.74) is -0.113. The summed E-state index contributed by atoms with van der Waals surface area (Å²) in [6.07, 6.45) is 8.00. The first-order valence-electron chi connectivity index (χ1n) is 5.60. The van der Waals surface area contributed by atoms with Gasteiger partial charge in [0.15, 0.2) is 0 Å². The van der Waals surface area contributed by atoms with E-state index in [9.17, 15) is 9.59 Å². The average Bonchev–Trinajstić information content (AvgIpc) is 2.49. The smallest absolute Gasteiger partial charge is 0.135 e. The molecular weight excluding hydrogens is 176 g/mol. The fourth-order valence-corrected chi connectivity index (χ4v) is 3.21. The Kier molecular flexibility index (Phi) is 2.24. The molecule has 3 aliphatic rings. The second-order valence-corrected chi connectivity index (χ2v) is 5.17. The van der Waals surface area contributed by atoms with E-state index in [1.807, 2.05) is 0 Å². The van der Waals surface area contributed by atoms with Gasteiger partial charge in [0, 0.05) is 10.8 Å². The summed E-state index contributed by atoms with van der Waals surface area (Å²) in [6.45, 7) is 1.72. The van der Waals surface area contributed by atoms with E-state index < -0.39 is 0 Å². The van der Waals surface area contributed by atoms with Crippen LogP contribution in [0.5, 0.6) is 0 Å². The molecule has 3 aliphatic carbocycles. The van der Waals surface area contributed by atoms with Crippen molar-refractivity contribution in [1.29, 1.82) is 0 Å². The number of hydrogen-bond acceptors (Lipinski definition) is 2. The molecular formula is C12H18O2. The van der Waals surface area contributed by atoms with Crippen LogP contribution in [0.1, 0.15) is 51.9 Å². The number of fused-ring (bicyclic) bond motifs is 4. The molecule has 0 aliphatic heterocycles. The molecule has 78 valence electrons. The Balaban J connectivity index is 2.24. The van der Waals surface area contributed by atoms with Crippen LogP contribution >= 0.6 is 0 Å². The molecule has 3 fully saturated rings. The van der Waals surface area contributed by atoms with Gasteiger partial charge in [-0.1, -0.05) is 6.42 Å². The second kappa shape index (κ2) is 3.18. The normalized spacial score (nSPS) is 41.8. The molecule has 2 nitrogen and oxygen atoms in total. The number of carbonyl (C=O) groups excluding carboxylic acids is 2. The third-order valence-electron chi connectivity index (χ3n) is 4.53. The zero-order valence-corrected chi connectivity index (χ0v) is 8.84. The summed E-state index contributed by atoms with van der Waals surface area (Å²) in [6, 6.07) is 0. The Bertz CT molecular complexity index is 259. The van der Waals surface area contributed by atoms with Crippen LogP contribution in [0.25, 0.3) is 0 Å². The standard InChI is InChI=1S/C12H18O2/c1-10(14)12-4-2-3-11(9-13,5-7-12)6-8-12/h9H,2-8H2,1H3. The largest absolute Gasteiger partial charge is 0.303 e. The molecule has 0 atom stereocenters. The predicted molar refractivity (Wildman–Crippen MR) is 53.9 cm³/mol. The fraction of sp³-hybridized carbons (Fsp3) is 0.833. The summed E-state index contributed by atoms with van der Waals surface area (Å²) in [4.78, 5) is 22.7. The van der Waals surface area contributed by atoms with E-state index in [4.69, 9.17) is 0 Å². The van der Waals surface area contributed by atoms with Crippen LogP contribution < -0.4 is 0 Å². The Morgan fingerprint density at radius 3 is 2.21 bits per heavy atom. The molecule has 0 radical (unpaired) electrons. The zero-order chi connectivity index (χ0) is 10.2. The lowest BCUT2D eigenvalue weighted by atomic mass is 9.64. The maximum absolute atomic E-state index is 11.6. The highest BCUT2D eigenvalue weighted by atomic mass is 16.1. The van der Waals surface area contributed by atoms with Gasteiger partial charge in [-0.15, -0.1) is 0 Å². The number of ketones is 1. The molecule has 0 unspecified atom stereocenters. The minimum absolute atomic E-state index is 0.0526. The lowest BCUT2D eigenvalue weighted by molar-refractivity contribution is -0.131. The van der Waals surface area contributed by atoms with Gasteiger partial charge in [-0.3, -0.25) is 4.79 Å². The molecule has 0 aromatic rings. The van der Waals surface area contributed by atoms with Gasteiger partial charge in [-0.25, -0.2) is 0 Å². The summed E-state index contributed by atoms with van der Waals surface area (Å²) in [5.74, 6) is 0.346. The molecule has 0 spiro atoms. The Morgan fingerprint density at radius 2 is 1.71 bits per heavy atom. The van der Waals surface area contributed by atoms with Crippen molar-refractivity contribution in [3.05, 3.63) is 0 Å². The zero-order valence-electron chi connectivity index (χ0n) is 8.84. The van der Waals surface area contributed by atoms with E-state index in [0.29, 0.717) is 5.78 Å². The van der Waals surface area contributed by atoms with Crippen LogP contribution in [0.15, 0.2) is 0 Å². The highest BCUT2D eigenvalue weighted by molar-refractivity contribution is 5.82. The Morgan fingerprint density at radius 1 is 1.07 bits per heavy atom. The molecule has 3 rings (SSSR count). The lowest BCUT2D eigenvalue weighted by Crippen LogP contribution is -2.36. The van der Waals surface area contributed by atoms with Crippen molar-refractivity contribution in [1.82, 2.24) is 0 Å². The maximum Gasteiger partial charge on any atom is 0.135 e. The van der Waals surface area contributed by atoms with Crippen LogP contribution in [0.4, 0.5) is 0 Å². The first kappa shape index (κ1) is 9.88. The third kappa shape index (κ3) is 1.32. The lowest BCUT2D eigenvalue weighted by Gasteiger charge is -2.38. The van der Waals surface area contributed by atoms with Crippen LogP contribution in [-0.4, -0.2) is 12.1 Å². The molecule has 0 N–H and O–H groups in total. The monoisotopic (exact) mass is 194 g/mol. The number of aldehydes is 1. The van der Waals surface area contributed by atoms with E-state index in [1.54, 1.807) is 6.92 Å². The van der Waals surface area contributed by atoms with Crippen LogP contribution in [0, 0.1) is 10.8 Å². The highest BCUT2D eigenvalue weighted by Crippen LogP contribution is 2.53. The van der Waals surface area contributed by atoms with Gasteiger partial charge < -0.3 is 4.79 Å². The van der Waals surface area contributed by atoms with E-state index in [0.717, 1.165) is 51.2 Å². The van der Waals surface area contributed by atoms with Gasteiger partial charge in [0.2, 0.25) is 0 Å². The SMILES string of the molecule is CC(=O)C12CCCC(C=O)(CC1)CC2. The first-order chi connectivity index (χ1) is 6.63. The van der Waals surface area contributed by atoms with E-state index in [2.05, 4.69) is 0 Å². The fourth-order valence-electron chi connectivity index (χ4n) is 3.21. The minimum Gasteiger partial charge on any atom is -0.303 e. The number of carbonyl (C=O) groups is 2. The molecule has 0 saturated heterocycles. The molecule has 3 saturated carbocycles. The van der Waals surface area contributed by atoms with Crippen molar-refractivity contribution < 1.29 is 9.59 Å². The molecule has 0 heterocycles. The quantitative estimate of drug-likeness (QED) is 0.633. The van der Waals surface area contributed by atoms with Gasteiger partial charge in [0.05, 0.1) is 0 Å². The third-order valence-corrected chi connectivity index (χ3v) is 4.53. The van der Waals surface area contributed by atoms with E-state index >= 15 is 0 Å². The minimum atomic E-state index is -0.0601. The predicted octanol–water partition coefficient (Wildman–Crippen LogP) is 2.51. The maximum atomic E-state index is 11.6.